The van der Waals surface area contributed by atoms with Crippen molar-refractivity contribution >= 4 is 45.1 Å². The smallest absolute Gasteiger partial charge is 0.340 e. The van der Waals surface area contributed by atoms with Gasteiger partial charge in [0.2, 0.25) is 10.0 Å². The van der Waals surface area contributed by atoms with Crippen LogP contribution in [0.2, 0.25) is 10.0 Å². The van der Waals surface area contributed by atoms with Crippen LogP contribution in [-0.2, 0) is 19.6 Å². The fourth-order valence-corrected chi connectivity index (χ4v) is 4.98. The van der Waals surface area contributed by atoms with E-state index in [1.165, 1.54) is 6.07 Å². The lowest BCUT2D eigenvalue weighted by Crippen LogP contribution is -2.44. The highest BCUT2D eigenvalue weighted by molar-refractivity contribution is 7.89. The molecule has 28 heavy (non-hydrogen) atoms. The number of hydrogen-bond acceptors (Lipinski definition) is 5. The van der Waals surface area contributed by atoms with E-state index in [9.17, 15) is 18.0 Å². The maximum Gasteiger partial charge on any atom is 0.340 e. The summed E-state index contributed by atoms with van der Waals surface area (Å²) in [6.45, 7) is 6.97. The predicted molar refractivity (Wildman–Crippen MR) is 107 cm³/mol. The first-order valence-corrected chi connectivity index (χ1v) is 11.2. The van der Waals surface area contributed by atoms with Gasteiger partial charge in [0.25, 0.3) is 5.91 Å². The summed E-state index contributed by atoms with van der Waals surface area (Å²) in [7, 11) is -3.89. The van der Waals surface area contributed by atoms with Crippen LogP contribution in [0, 0.1) is 0 Å². The number of carbonyl (C=O) groups is 2. The number of rotatable bonds is 8. The van der Waals surface area contributed by atoms with Crippen LogP contribution < -0.4 is 4.72 Å². The molecule has 1 aliphatic carbocycles. The Labute approximate surface area is 175 Å². The molecule has 0 unspecified atom stereocenters. The Hall–Kier alpha value is -1.35. The van der Waals surface area contributed by atoms with Crippen LogP contribution in [0.15, 0.2) is 17.0 Å². The van der Waals surface area contributed by atoms with Crippen LogP contribution in [0.5, 0.6) is 0 Å². The molecule has 1 aromatic carbocycles. The van der Waals surface area contributed by atoms with Gasteiger partial charge in [-0.15, -0.1) is 0 Å². The second-order valence-corrected chi connectivity index (χ2v) is 9.72. The fraction of sp³-hybridized carbons (Fsp3) is 0.556. The van der Waals surface area contributed by atoms with Gasteiger partial charge in [-0.1, -0.05) is 23.2 Å². The minimum absolute atomic E-state index is 0.0580. The number of esters is 1. The number of hydrogen-bond donors (Lipinski definition) is 1. The van der Waals surface area contributed by atoms with Gasteiger partial charge in [0, 0.05) is 18.1 Å². The topological polar surface area (TPSA) is 92.8 Å². The normalized spacial score (nSPS) is 14.4. The van der Waals surface area contributed by atoms with Crippen molar-refractivity contribution in [3.05, 3.63) is 27.7 Å². The first-order valence-electron chi connectivity index (χ1n) is 8.93. The molecule has 0 atom stereocenters. The van der Waals surface area contributed by atoms with Crippen LogP contribution in [0.1, 0.15) is 50.9 Å². The minimum Gasteiger partial charge on any atom is -0.452 e. The summed E-state index contributed by atoms with van der Waals surface area (Å²) in [5.74, 6) is -1.25. The van der Waals surface area contributed by atoms with Crippen LogP contribution in [-0.4, -0.2) is 49.9 Å². The molecule has 7 nitrogen and oxygen atoms in total. The quantitative estimate of drug-likeness (QED) is 0.613. The predicted octanol–water partition coefficient (Wildman–Crippen LogP) is 3.24. The zero-order valence-electron chi connectivity index (χ0n) is 16.2. The molecule has 156 valence electrons. The molecule has 1 N–H and O–H groups in total. The van der Waals surface area contributed by atoms with Crippen LogP contribution in [0.3, 0.4) is 0 Å². The molecule has 2 rings (SSSR count). The molecule has 10 heteroatoms. The molecule has 1 amide bonds. The van der Waals surface area contributed by atoms with Gasteiger partial charge >= 0.3 is 5.97 Å². The van der Waals surface area contributed by atoms with Gasteiger partial charge in [-0.25, -0.2) is 17.9 Å². The second-order valence-electron chi connectivity index (χ2n) is 7.22. The summed E-state index contributed by atoms with van der Waals surface area (Å²) in [4.78, 5) is 26.1. The van der Waals surface area contributed by atoms with Crippen molar-refractivity contribution in [2.24, 2.45) is 0 Å². The Balaban J connectivity index is 2.19. The molecule has 0 spiro atoms. The third-order valence-electron chi connectivity index (χ3n) is 4.16. The number of benzene rings is 1. The van der Waals surface area contributed by atoms with Crippen molar-refractivity contribution in [2.45, 2.75) is 63.6 Å². The Kier molecular flexibility index (Phi) is 7.36. The maximum absolute atomic E-state index is 12.4. The van der Waals surface area contributed by atoms with E-state index in [-0.39, 0.29) is 44.5 Å². The number of halogens is 2. The molecule has 1 fully saturated rings. The van der Waals surface area contributed by atoms with E-state index >= 15 is 0 Å². The highest BCUT2D eigenvalue weighted by atomic mass is 35.5. The standard InChI is InChI=1S/C18H24Cl2N2O5S/c1-10(2)22(11(3)4)17(23)9-27-18(24)13-7-16(15(20)8-14(13)19)28(25,26)21-12-5-6-12/h7-8,10-12,21H,5-6,9H2,1-4H3. The van der Waals surface area contributed by atoms with E-state index in [2.05, 4.69) is 4.72 Å². The van der Waals surface area contributed by atoms with Crippen molar-refractivity contribution in [3.8, 4) is 0 Å². The van der Waals surface area contributed by atoms with Crippen LogP contribution >= 0.6 is 23.2 Å². The summed E-state index contributed by atoms with van der Waals surface area (Å²) < 4.78 is 32.5. The Morgan fingerprint density at radius 1 is 1.14 bits per heavy atom. The highest BCUT2D eigenvalue weighted by Gasteiger charge is 2.31. The highest BCUT2D eigenvalue weighted by Crippen LogP contribution is 2.31. The monoisotopic (exact) mass is 450 g/mol. The van der Waals surface area contributed by atoms with Gasteiger partial charge in [-0.2, -0.15) is 0 Å². The van der Waals surface area contributed by atoms with Gasteiger partial charge in [0.05, 0.1) is 15.6 Å². The summed E-state index contributed by atoms with van der Waals surface area (Å²) in [5, 5.41) is -0.158. The zero-order valence-corrected chi connectivity index (χ0v) is 18.5. The summed E-state index contributed by atoms with van der Waals surface area (Å²) in [5.41, 5.74) is -0.171. The van der Waals surface area contributed by atoms with E-state index in [1.54, 1.807) is 4.90 Å². The van der Waals surface area contributed by atoms with Gasteiger partial charge in [0.15, 0.2) is 6.61 Å². The number of nitrogens with zero attached hydrogens (tertiary/aromatic N) is 1. The van der Waals surface area contributed by atoms with E-state index in [0.29, 0.717) is 0 Å². The second kappa shape index (κ2) is 8.98. The molecule has 1 aromatic rings. The average molecular weight is 451 g/mol. The van der Waals surface area contributed by atoms with Crippen LogP contribution in [0.4, 0.5) is 0 Å². The van der Waals surface area contributed by atoms with Crippen molar-refractivity contribution in [1.82, 2.24) is 9.62 Å². The lowest BCUT2D eigenvalue weighted by atomic mass is 10.2. The third kappa shape index (κ3) is 5.59. The first-order chi connectivity index (χ1) is 12.9. The largest absolute Gasteiger partial charge is 0.452 e. The van der Waals surface area contributed by atoms with E-state index < -0.39 is 22.6 Å². The molecule has 0 heterocycles. The molecule has 0 aliphatic heterocycles. The van der Waals surface area contributed by atoms with Crippen LogP contribution in [0.25, 0.3) is 0 Å². The Morgan fingerprint density at radius 3 is 2.21 bits per heavy atom. The fourth-order valence-electron chi connectivity index (χ4n) is 2.83. The lowest BCUT2D eigenvalue weighted by Gasteiger charge is -2.30. The molecule has 1 saturated carbocycles. The molecule has 0 aromatic heterocycles. The third-order valence-corrected chi connectivity index (χ3v) is 6.46. The van der Waals surface area contributed by atoms with Gasteiger partial charge in [-0.05, 0) is 52.7 Å². The van der Waals surface area contributed by atoms with Crippen molar-refractivity contribution < 1.29 is 22.7 Å². The van der Waals surface area contributed by atoms with E-state index in [0.717, 1.165) is 18.9 Å². The lowest BCUT2D eigenvalue weighted by molar-refractivity contribution is -0.138. The SMILES string of the molecule is CC(C)N(C(=O)COC(=O)c1cc(S(=O)(=O)NC2CC2)c(Cl)cc1Cl)C(C)C. The number of amides is 1. The van der Waals surface area contributed by atoms with Gasteiger partial charge < -0.3 is 9.64 Å². The summed E-state index contributed by atoms with van der Waals surface area (Å²) in [6.07, 6.45) is 1.51. The molecular formula is C18H24Cl2N2O5S. The van der Waals surface area contributed by atoms with Crippen molar-refractivity contribution in [3.63, 3.8) is 0 Å². The minimum atomic E-state index is -3.89. The number of carbonyl (C=O) groups excluding carboxylic acids is 2. The average Bonchev–Trinajstić information content (AvgIpc) is 3.34. The number of ether oxygens (including phenoxy) is 1. The Morgan fingerprint density at radius 2 is 1.71 bits per heavy atom. The maximum atomic E-state index is 12.4. The molecule has 0 saturated heterocycles. The molecular weight excluding hydrogens is 427 g/mol. The van der Waals surface area contributed by atoms with Gasteiger partial charge in [-0.3, -0.25) is 4.79 Å². The van der Waals surface area contributed by atoms with Crippen molar-refractivity contribution in [1.29, 1.82) is 0 Å². The number of nitrogens with one attached hydrogen (secondary N) is 1. The summed E-state index contributed by atoms with van der Waals surface area (Å²) >= 11 is 12.1. The van der Waals surface area contributed by atoms with Gasteiger partial charge in [0.1, 0.15) is 4.90 Å². The van der Waals surface area contributed by atoms with E-state index in [4.69, 9.17) is 27.9 Å². The van der Waals surface area contributed by atoms with E-state index in [1.807, 2.05) is 27.7 Å². The zero-order chi connectivity index (χ0) is 21.2. The molecule has 0 bridgehead atoms. The Bertz CT molecular complexity index is 859. The van der Waals surface area contributed by atoms with Crippen molar-refractivity contribution in [2.75, 3.05) is 6.61 Å². The number of sulfonamides is 1. The molecule has 1 aliphatic rings. The molecule has 0 radical (unpaired) electrons. The first kappa shape index (κ1) is 22.9. The summed E-state index contributed by atoms with van der Waals surface area (Å²) in [6, 6.07) is 2.01.